The lowest BCUT2D eigenvalue weighted by Crippen LogP contribution is -2.52. The Balaban J connectivity index is 1.57. The number of nitrogens with one attached hydrogen (secondary N) is 1. The Morgan fingerprint density at radius 1 is 0.947 bits per heavy atom. The van der Waals surface area contributed by atoms with Gasteiger partial charge in [-0.15, -0.1) is 11.8 Å². The highest BCUT2D eigenvalue weighted by molar-refractivity contribution is 7.99. The van der Waals surface area contributed by atoms with E-state index >= 15 is 0 Å². The van der Waals surface area contributed by atoms with Crippen molar-refractivity contribution >= 4 is 46.8 Å². The summed E-state index contributed by atoms with van der Waals surface area (Å²) in [4.78, 5) is 30.4. The van der Waals surface area contributed by atoms with Crippen LogP contribution in [0.25, 0.3) is 0 Å². The third-order valence-electron chi connectivity index (χ3n) is 6.92. The molecule has 1 saturated carbocycles. The highest BCUT2D eigenvalue weighted by atomic mass is 35.5. The van der Waals surface area contributed by atoms with Crippen molar-refractivity contribution in [3.05, 3.63) is 99.5 Å². The smallest absolute Gasteiger partial charge is 0.243 e. The minimum absolute atomic E-state index is 0.0572. The number of hydrogen-bond acceptors (Lipinski definition) is 3. The Hall–Kier alpha value is -2.47. The van der Waals surface area contributed by atoms with Crippen molar-refractivity contribution < 1.29 is 9.59 Å². The third-order valence-corrected chi connectivity index (χ3v) is 8.67. The fourth-order valence-corrected chi connectivity index (χ4v) is 5.95. The van der Waals surface area contributed by atoms with Crippen molar-refractivity contribution in [3.8, 4) is 0 Å². The number of thioether (sulfide) groups is 1. The van der Waals surface area contributed by atoms with Crippen LogP contribution in [0.1, 0.15) is 48.8 Å². The summed E-state index contributed by atoms with van der Waals surface area (Å²) in [5.74, 6) is 0.473. The van der Waals surface area contributed by atoms with Crippen LogP contribution in [0, 0.1) is 6.92 Å². The predicted molar refractivity (Wildman–Crippen MR) is 158 cm³/mol. The number of rotatable bonds is 11. The number of aryl methyl sites for hydroxylation is 1. The van der Waals surface area contributed by atoms with Gasteiger partial charge in [0.05, 0.1) is 10.0 Å². The molecule has 1 atom stereocenters. The molecule has 3 aromatic carbocycles. The molecule has 4 nitrogen and oxygen atoms in total. The van der Waals surface area contributed by atoms with Gasteiger partial charge in [0.15, 0.2) is 0 Å². The lowest BCUT2D eigenvalue weighted by atomic mass is 10.0. The van der Waals surface area contributed by atoms with Crippen LogP contribution in [0.5, 0.6) is 0 Å². The SMILES string of the molecule is Cc1ccc(SCCC(=O)N(Cc2ccc(Cl)c(Cl)c2)[C@@H](Cc2ccccc2)C(=O)NC2CCCC2)cc1. The van der Waals surface area contributed by atoms with Crippen LogP contribution in [0.2, 0.25) is 10.0 Å². The molecule has 38 heavy (non-hydrogen) atoms. The number of benzene rings is 3. The van der Waals surface area contributed by atoms with Crippen molar-refractivity contribution in [1.29, 1.82) is 0 Å². The molecule has 0 heterocycles. The molecule has 200 valence electrons. The summed E-state index contributed by atoms with van der Waals surface area (Å²) < 4.78 is 0. The molecule has 1 aliphatic carbocycles. The quantitative estimate of drug-likeness (QED) is 0.244. The number of halogens is 2. The zero-order valence-electron chi connectivity index (χ0n) is 21.7. The van der Waals surface area contributed by atoms with Crippen LogP contribution in [0.4, 0.5) is 0 Å². The Labute approximate surface area is 240 Å². The summed E-state index contributed by atoms with van der Waals surface area (Å²) in [5, 5.41) is 4.14. The maximum Gasteiger partial charge on any atom is 0.243 e. The predicted octanol–water partition coefficient (Wildman–Crippen LogP) is 7.48. The summed E-state index contributed by atoms with van der Waals surface area (Å²) >= 11 is 14.1. The lowest BCUT2D eigenvalue weighted by molar-refractivity contribution is -0.141. The molecule has 7 heteroatoms. The van der Waals surface area contributed by atoms with Crippen molar-refractivity contribution in [2.75, 3.05) is 5.75 Å². The standard InChI is InChI=1S/C31H34Cl2N2O2S/c1-22-11-14-26(15-12-22)38-18-17-30(36)35(21-24-13-16-27(32)28(33)19-24)29(20-23-7-3-2-4-8-23)31(37)34-25-9-5-6-10-25/h2-4,7-8,11-16,19,25,29H,5-6,9-10,17-18,20-21H2,1H3,(H,34,37)/t29-/m0/s1. The molecule has 1 N–H and O–H groups in total. The van der Waals surface area contributed by atoms with Crippen molar-refractivity contribution in [2.24, 2.45) is 0 Å². The van der Waals surface area contributed by atoms with Crippen LogP contribution in [0.15, 0.2) is 77.7 Å². The Morgan fingerprint density at radius 3 is 2.34 bits per heavy atom. The Morgan fingerprint density at radius 2 is 1.66 bits per heavy atom. The first-order valence-electron chi connectivity index (χ1n) is 13.2. The van der Waals surface area contributed by atoms with Crippen LogP contribution in [-0.2, 0) is 22.6 Å². The molecule has 0 aliphatic heterocycles. The summed E-state index contributed by atoms with van der Waals surface area (Å²) in [6.45, 7) is 2.34. The molecule has 0 spiro atoms. The number of carbonyl (C=O) groups excluding carboxylic acids is 2. The molecule has 3 aromatic rings. The van der Waals surface area contributed by atoms with E-state index in [0.29, 0.717) is 28.6 Å². The summed E-state index contributed by atoms with van der Waals surface area (Å²) in [6, 6.07) is 23.1. The van der Waals surface area contributed by atoms with E-state index < -0.39 is 6.04 Å². The van der Waals surface area contributed by atoms with Gasteiger partial charge in [-0.2, -0.15) is 0 Å². The molecule has 0 radical (unpaired) electrons. The molecule has 1 aliphatic rings. The number of hydrogen-bond donors (Lipinski definition) is 1. The molecule has 1 fully saturated rings. The maximum absolute atomic E-state index is 13.8. The fraction of sp³-hybridized carbons (Fsp3) is 0.355. The van der Waals surface area contributed by atoms with Gasteiger partial charge in [0.2, 0.25) is 11.8 Å². The zero-order valence-corrected chi connectivity index (χ0v) is 24.0. The second-order valence-electron chi connectivity index (χ2n) is 9.88. The minimum atomic E-state index is -0.635. The Kier molecular flexibility index (Phi) is 10.6. The van der Waals surface area contributed by atoms with Crippen LogP contribution >= 0.6 is 35.0 Å². The molecular weight excluding hydrogens is 535 g/mol. The Bertz CT molecular complexity index is 1210. The minimum Gasteiger partial charge on any atom is -0.352 e. The molecule has 0 saturated heterocycles. The van der Waals surface area contributed by atoms with E-state index in [1.54, 1.807) is 28.8 Å². The van der Waals surface area contributed by atoms with E-state index in [2.05, 4.69) is 36.5 Å². The monoisotopic (exact) mass is 568 g/mol. The largest absolute Gasteiger partial charge is 0.352 e. The van der Waals surface area contributed by atoms with Crippen LogP contribution in [0.3, 0.4) is 0 Å². The topological polar surface area (TPSA) is 49.4 Å². The normalized spacial score (nSPS) is 14.3. The molecule has 0 unspecified atom stereocenters. The average Bonchev–Trinajstić information content (AvgIpc) is 3.43. The van der Waals surface area contributed by atoms with Crippen molar-refractivity contribution in [1.82, 2.24) is 10.2 Å². The first-order chi connectivity index (χ1) is 18.4. The second-order valence-corrected chi connectivity index (χ2v) is 11.9. The van der Waals surface area contributed by atoms with Gasteiger partial charge in [-0.05, 0) is 55.2 Å². The van der Waals surface area contributed by atoms with E-state index in [1.807, 2.05) is 36.4 Å². The van der Waals surface area contributed by atoms with Gasteiger partial charge >= 0.3 is 0 Å². The molecular formula is C31H34Cl2N2O2S. The van der Waals surface area contributed by atoms with E-state index in [0.717, 1.165) is 41.7 Å². The average molecular weight is 570 g/mol. The van der Waals surface area contributed by atoms with Gasteiger partial charge in [0.25, 0.3) is 0 Å². The molecule has 0 bridgehead atoms. The highest BCUT2D eigenvalue weighted by Crippen LogP contribution is 2.26. The van der Waals surface area contributed by atoms with E-state index in [9.17, 15) is 9.59 Å². The molecule has 4 rings (SSSR count). The highest BCUT2D eigenvalue weighted by Gasteiger charge is 2.32. The second kappa shape index (κ2) is 14.1. The zero-order chi connectivity index (χ0) is 26.9. The first-order valence-corrected chi connectivity index (χ1v) is 14.9. The number of amides is 2. The number of carbonyl (C=O) groups is 2. The van der Waals surface area contributed by atoms with E-state index in [4.69, 9.17) is 23.2 Å². The van der Waals surface area contributed by atoms with E-state index in [-0.39, 0.29) is 24.4 Å². The van der Waals surface area contributed by atoms with Gasteiger partial charge in [-0.1, -0.05) is 90.1 Å². The van der Waals surface area contributed by atoms with E-state index in [1.165, 1.54) is 5.56 Å². The molecule has 0 aromatic heterocycles. The first kappa shape index (κ1) is 28.5. The maximum atomic E-state index is 13.8. The summed E-state index contributed by atoms with van der Waals surface area (Å²) in [6.07, 6.45) is 4.97. The summed E-state index contributed by atoms with van der Waals surface area (Å²) in [7, 11) is 0. The van der Waals surface area contributed by atoms with Gasteiger partial charge < -0.3 is 10.2 Å². The van der Waals surface area contributed by atoms with Gasteiger partial charge in [0.1, 0.15) is 6.04 Å². The van der Waals surface area contributed by atoms with Crippen LogP contribution < -0.4 is 5.32 Å². The fourth-order valence-electron chi connectivity index (χ4n) is 4.79. The molecule has 2 amide bonds. The number of nitrogens with zero attached hydrogens (tertiary/aromatic N) is 1. The van der Waals surface area contributed by atoms with Gasteiger partial charge in [-0.3, -0.25) is 9.59 Å². The summed E-state index contributed by atoms with van der Waals surface area (Å²) in [5.41, 5.74) is 3.06. The lowest BCUT2D eigenvalue weighted by Gasteiger charge is -2.32. The third kappa shape index (κ3) is 8.26. The van der Waals surface area contributed by atoms with Gasteiger partial charge in [0, 0.05) is 36.1 Å². The van der Waals surface area contributed by atoms with Crippen molar-refractivity contribution in [3.63, 3.8) is 0 Å². The van der Waals surface area contributed by atoms with Crippen LogP contribution in [-0.4, -0.2) is 34.6 Å². The van der Waals surface area contributed by atoms with Gasteiger partial charge in [-0.25, -0.2) is 0 Å². The van der Waals surface area contributed by atoms with Crippen molar-refractivity contribution in [2.45, 2.75) is 69.0 Å².